The molecular weight excluding hydrogens is 242 g/mol. The molecule has 4 N–H and O–H groups in total. The summed E-state index contributed by atoms with van der Waals surface area (Å²) in [6.45, 7) is 3.65. The Morgan fingerprint density at radius 1 is 1.37 bits per heavy atom. The summed E-state index contributed by atoms with van der Waals surface area (Å²) in [5.41, 5.74) is 7.35. The lowest BCUT2D eigenvalue weighted by Crippen LogP contribution is -2.75. The van der Waals surface area contributed by atoms with Crippen LogP contribution in [0.25, 0.3) is 10.9 Å². The molecule has 0 aliphatic rings. The fourth-order valence-corrected chi connectivity index (χ4v) is 1.68. The van der Waals surface area contributed by atoms with Crippen molar-refractivity contribution in [2.45, 2.75) is 20.3 Å². The molecule has 0 fully saturated rings. The highest BCUT2D eigenvalue weighted by atomic mass is 16.1. The van der Waals surface area contributed by atoms with Gasteiger partial charge in [0.25, 0.3) is 11.9 Å². The Bertz CT molecular complexity index is 651. The molecule has 0 aliphatic heterocycles. The Hall–Kier alpha value is -2.50. The van der Waals surface area contributed by atoms with E-state index in [0.29, 0.717) is 12.4 Å². The molecule has 1 heterocycles. The zero-order chi connectivity index (χ0) is 13.8. The third-order valence-corrected chi connectivity index (χ3v) is 2.64. The molecule has 0 aliphatic carbocycles. The van der Waals surface area contributed by atoms with Gasteiger partial charge in [-0.3, -0.25) is 4.79 Å². The molecule has 1 amide bonds. The van der Waals surface area contributed by atoms with E-state index in [1.165, 1.54) is 0 Å². The summed E-state index contributed by atoms with van der Waals surface area (Å²) in [5.74, 6) is 0.328. The smallest absolute Gasteiger partial charge is 0.322 e. The second-order valence-electron chi connectivity index (χ2n) is 4.09. The molecule has 2 rings (SSSR count). The molecule has 0 unspecified atom stereocenters. The monoisotopic (exact) mass is 258 g/mol. The summed E-state index contributed by atoms with van der Waals surface area (Å²) in [5, 5.41) is 3.50. The molecule has 0 saturated heterocycles. The number of nitrogens with zero attached hydrogens (tertiary/aromatic N) is 2. The number of benzene rings is 1. The van der Waals surface area contributed by atoms with Crippen molar-refractivity contribution in [3.8, 4) is 0 Å². The minimum Gasteiger partial charge on any atom is -0.322 e. The molecule has 0 spiro atoms. The van der Waals surface area contributed by atoms with Crippen molar-refractivity contribution in [2.75, 3.05) is 0 Å². The van der Waals surface area contributed by atoms with Gasteiger partial charge in [0.1, 0.15) is 5.52 Å². The number of hydrogen-bond donors (Lipinski definition) is 3. The highest BCUT2D eigenvalue weighted by molar-refractivity contribution is 5.93. The standard InChI is InChI=1S/C13H15N5O/c1-3-11(19)17-12(14)18-13-15-8(2)9-6-4-5-7-10(9)16-13/h4-7H,3H2,1-2H3,(H3,14,15,16,17,18,19)/p+1. The SMILES string of the molecule is CCC(=O)N/C(N)=[NH+]/c1nc(C)c2ccccc2n1. The van der Waals surface area contributed by atoms with Crippen LogP contribution in [0.5, 0.6) is 0 Å². The van der Waals surface area contributed by atoms with Crippen molar-refractivity contribution in [2.24, 2.45) is 5.73 Å². The van der Waals surface area contributed by atoms with Gasteiger partial charge in [0.15, 0.2) is 0 Å². The maximum Gasteiger partial charge on any atom is 0.354 e. The lowest BCUT2D eigenvalue weighted by atomic mass is 10.2. The van der Waals surface area contributed by atoms with E-state index < -0.39 is 0 Å². The predicted molar refractivity (Wildman–Crippen MR) is 72.5 cm³/mol. The summed E-state index contributed by atoms with van der Waals surface area (Å²) in [4.78, 5) is 22.6. The van der Waals surface area contributed by atoms with Crippen molar-refractivity contribution in [3.63, 3.8) is 0 Å². The van der Waals surface area contributed by atoms with E-state index in [0.717, 1.165) is 16.6 Å². The van der Waals surface area contributed by atoms with Gasteiger partial charge in [-0.2, -0.15) is 0 Å². The Morgan fingerprint density at radius 3 is 2.84 bits per heavy atom. The summed E-state index contributed by atoms with van der Waals surface area (Å²) >= 11 is 0. The average molecular weight is 258 g/mol. The van der Waals surface area contributed by atoms with Crippen LogP contribution in [0.2, 0.25) is 0 Å². The molecule has 0 saturated carbocycles. The first-order chi connectivity index (χ1) is 9.10. The minimum atomic E-state index is -0.164. The van der Waals surface area contributed by atoms with Crippen LogP contribution in [-0.4, -0.2) is 21.8 Å². The third kappa shape index (κ3) is 3.04. The van der Waals surface area contributed by atoms with Gasteiger partial charge in [0, 0.05) is 11.8 Å². The predicted octanol–water partition coefficient (Wildman–Crippen LogP) is -0.509. The van der Waals surface area contributed by atoms with Gasteiger partial charge in [-0.25, -0.2) is 10.3 Å². The quantitative estimate of drug-likeness (QED) is 0.499. The van der Waals surface area contributed by atoms with Crippen molar-refractivity contribution >= 4 is 28.7 Å². The number of rotatable bonds is 2. The fourth-order valence-electron chi connectivity index (χ4n) is 1.68. The number of amides is 1. The molecule has 0 bridgehead atoms. The largest absolute Gasteiger partial charge is 0.354 e. The van der Waals surface area contributed by atoms with E-state index in [1.54, 1.807) is 6.92 Å². The van der Waals surface area contributed by atoms with Crippen LogP contribution in [0.4, 0.5) is 5.95 Å². The first kappa shape index (κ1) is 12.9. The van der Waals surface area contributed by atoms with Gasteiger partial charge in [0.05, 0.1) is 5.69 Å². The summed E-state index contributed by atoms with van der Waals surface area (Å²) in [6, 6.07) is 7.70. The van der Waals surface area contributed by atoms with Gasteiger partial charge in [-0.15, -0.1) is 9.97 Å². The zero-order valence-electron chi connectivity index (χ0n) is 10.9. The number of guanidine groups is 1. The van der Waals surface area contributed by atoms with Gasteiger partial charge in [-0.05, 0) is 19.1 Å². The van der Waals surface area contributed by atoms with E-state index in [-0.39, 0.29) is 11.9 Å². The van der Waals surface area contributed by atoms with Crippen molar-refractivity contribution in [1.29, 1.82) is 0 Å². The van der Waals surface area contributed by atoms with E-state index in [9.17, 15) is 4.79 Å². The van der Waals surface area contributed by atoms with Crippen LogP contribution in [0.15, 0.2) is 24.3 Å². The van der Waals surface area contributed by atoms with Crippen molar-refractivity contribution in [3.05, 3.63) is 30.0 Å². The highest BCUT2D eigenvalue weighted by Crippen LogP contribution is 2.14. The normalized spacial score (nSPS) is 11.6. The molecule has 0 radical (unpaired) electrons. The summed E-state index contributed by atoms with van der Waals surface area (Å²) < 4.78 is 0. The molecule has 6 nitrogen and oxygen atoms in total. The van der Waals surface area contributed by atoms with Crippen LogP contribution >= 0.6 is 0 Å². The Morgan fingerprint density at radius 2 is 2.11 bits per heavy atom. The lowest BCUT2D eigenvalue weighted by Gasteiger charge is -1.99. The Kier molecular flexibility index (Phi) is 3.70. The van der Waals surface area contributed by atoms with Crippen LogP contribution < -0.4 is 16.0 Å². The second-order valence-corrected chi connectivity index (χ2v) is 4.09. The lowest BCUT2D eigenvalue weighted by molar-refractivity contribution is -0.367. The molecule has 0 atom stereocenters. The summed E-state index contributed by atoms with van der Waals surface area (Å²) in [6.07, 6.45) is 0.361. The topological polar surface area (TPSA) is 94.9 Å². The van der Waals surface area contributed by atoms with Crippen LogP contribution in [0, 0.1) is 6.92 Å². The van der Waals surface area contributed by atoms with E-state index in [1.807, 2.05) is 31.2 Å². The number of hydrogen-bond acceptors (Lipinski definition) is 3. The Labute approximate surface area is 110 Å². The molecular formula is C13H16N5O+. The van der Waals surface area contributed by atoms with Gasteiger partial charge in [-0.1, -0.05) is 19.1 Å². The van der Waals surface area contributed by atoms with E-state index >= 15 is 0 Å². The first-order valence-electron chi connectivity index (χ1n) is 6.03. The second kappa shape index (κ2) is 5.43. The van der Waals surface area contributed by atoms with Crippen LogP contribution in [-0.2, 0) is 4.79 Å². The van der Waals surface area contributed by atoms with E-state index in [4.69, 9.17) is 5.73 Å². The number of fused-ring (bicyclic) bond motifs is 1. The highest BCUT2D eigenvalue weighted by Gasteiger charge is 2.09. The zero-order valence-corrected chi connectivity index (χ0v) is 10.9. The number of para-hydroxylation sites is 1. The van der Waals surface area contributed by atoms with Gasteiger partial charge in [0.2, 0.25) is 0 Å². The van der Waals surface area contributed by atoms with Gasteiger partial charge < -0.3 is 5.73 Å². The molecule has 19 heavy (non-hydrogen) atoms. The molecule has 6 heteroatoms. The molecule has 1 aromatic carbocycles. The average Bonchev–Trinajstić information content (AvgIpc) is 2.38. The Balaban J connectivity index is 2.35. The van der Waals surface area contributed by atoms with Crippen molar-refractivity contribution in [1.82, 2.24) is 15.3 Å². The first-order valence-corrected chi connectivity index (χ1v) is 6.03. The number of nitrogens with two attached hydrogens (primary N) is 1. The maximum atomic E-state index is 11.2. The molecule has 98 valence electrons. The van der Waals surface area contributed by atoms with Gasteiger partial charge >= 0.3 is 5.95 Å². The number of aryl methyl sites for hydroxylation is 1. The number of aromatic nitrogens is 2. The minimum absolute atomic E-state index is 0.126. The summed E-state index contributed by atoms with van der Waals surface area (Å²) in [7, 11) is 0. The third-order valence-electron chi connectivity index (χ3n) is 2.64. The molecule has 1 aromatic heterocycles. The fraction of sp³-hybridized carbons (Fsp3) is 0.231. The maximum absolute atomic E-state index is 11.2. The molecule has 2 aromatic rings. The van der Waals surface area contributed by atoms with E-state index in [2.05, 4.69) is 20.3 Å². The van der Waals surface area contributed by atoms with Crippen LogP contribution in [0.1, 0.15) is 19.0 Å². The number of carbonyl (C=O) groups excluding carboxylic acids is 1. The van der Waals surface area contributed by atoms with Crippen molar-refractivity contribution < 1.29 is 9.79 Å². The number of carbonyl (C=O) groups is 1. The van der Waals surface area contributed by atoms with Crippen LogP contribution in [0.3, 0.4) is 0 Å². The number of nitrogens with one attached hydrogen (secondary N) is 2.